The number of amides is 2. The first-order valence-corrected chi connectivity index (χ1v) is 10.4. The van der Waals surface area contributed by atoms with Gasteiger partial charge in [-0.15, -0.1) is 10.2 Å². The van der Waals surface area contributed by atoms with Gasteiger partial charge in [0.05, 0.1) is 17.2 Å². The molecule has 0 aliphatic carbocycles. The predicted molar refractivity (Wildman–Crippen MR) is 120 cm³/mol. The summed E-state index contributed by atoms with van der Waals surface area (Å²) in [5.41, 5.74) is 2.37. The molecule has 0 bridgehead atoms. The molecule has 0 saturated heterocycles. The zero-order chi connectivity index (χ0) is 22.0. The number of nitrogens with one attached hydrogen (secondary N) is 2. The van der Waals surface area contributed by atoms with Crippen molar-refractivity contribution >= 4 is 34.1 Å². The lowest BCUT2D eigenvalue weighted by Crippen LogP contribution is -2.33. The van der Waals surface area contributed by atoms with Gasteiger partial charge in [-0.3, -0.25) is 14.0 Å². The second-order valence-corrected chi connectivity index (χ2v) is 8.10. The third-order valence-corrected chi connectivity index (χ3v) is 5.13. The van der Waals surface area contributed by atoms with Crippen LogP contribution >= 0.6 is 0 Å². The zero-order valence-electron chi connectivity index (χ0n) is 17.9. The second kappa shape index (κ2) is 8.59. The van der Waals surface area contributed by atoms with Crippen molar-refractivity contribution in [3.63, 3.8) is 0 Å². The van der Waals surface area contributed by atoms with Gasteiger partial charge in [0.2, 0.25) is 11.8 Å². The van der Waals surface area contributed by atoms with E-state index in [2.05, 4.69) is 34.7 Å². The average molecular weight is 419 g/mol. The van der Waals surface area contributed by atoms with Gasteiger partial charge in [0.1, 0.15) is 6.54 Å². The molecule has 0 radical (unpaired) electrons. The maximum Gasteiger partial charge on any atom is 0.240 e. The number of aromatic nitrogens is 4. The molecule has 31 heavy (non-hydrogen) atoms. The molecule has 4 rings (SSSR count). The lowest BCUT2D eigenvalue weighted by molar-refractivity contribution is -0.122. The summed E-state index contributed by atoms with van der Waals surface area (Å²) in [6.07, 6.45) is 4.52. The van der Waals surface area contributed by atoms with Crippen LogP contribution in [0.4, 0.5) is 5.69 Å². The number of benzene rings is 1. The van der Waals surface area contributed by atoms with Crippen molar-refractivity contribution in [3.8, 4) is 0 Å². The van der Waals surface area contributed by atoms with Crippen LogP contribution in [0.25, 0.3) is 16.6 Å². The van der Waals surface area contributed by atoms with Gasteiger partial charge in [-0.05, 0) is 42.7 Å². The van der Waals surface area contributed by atoms with Crippen molar-refractivity contribution < 1.29 is 9.59 Å². The van der Waals surface area contributed by atoms with E-state index in [9.17, 15) is 9.59 Å². The molecular formula is C23H26N6O2. The molecule has 4 aromatic rings. The summed E-state index contributed by atoms with van der Waals surface area (Å²) < 4.78 is 3.79. The smallest absolute Gasteiger partial charge is 0.240 e. The van der Waals surface area contributed by atoms with Crippen molar-refractivity contribution in [1.82, 2.24) is 24.5 Å². The Hall–Kier alpha value is -3.68. The van der Waals surface area contributed by atoms with Crippen LogP contribution in [0.15, 0.2) is 54.9 Å². The zero-order valence-corrected chi connectivity index (χ0v) is 17.9. The van der Waals surface area contributed by atoms with E-state index in [1.807, 2.05) is 63.8 Å². The minimum absolute atomic E-state index is 0.110. The van der Waals surface area contributed by atoms with Crippen LogP contribution < -0.4 is 10.6 Å². The maximum absolute atomic E-state index is 13.0. The van der Waals surface area contributed by atoms with E-state index in [0.29, 0.717) is 5.92 Å². The molecule has 1 aromatic carbocycles. The van der Waals surface area contributed by atoms with Gasteiger partial charge in [-0.1, -0.05) is 26.0 Å². The third kappa shape index (κ3) is 4.42. The number of hydrogen-bond donors (Lipinski definition) is 2. The summed E-state index contributed by atoms with van der Waals surface area (Å²) in [6.45, 7) is 5.88. The first-order chi connectivity index (χ1) is 14.9. The molecule has 3 aromatic heterocycles. The van der Waals surface area contributed by atoms with Crippen LogP contribution in [0.1, 0.15) is 39.1 Å². The SMILES string of the molecule is CC(=O)Nc1cccc2c1ccn2CC(=O)NC(CC(C)C)c1nnc2ccccn12. The Balaban J connectivity index is 1.57. The molecule has 0 saturated carbocycles. The van der Waals surface area contributed by atoms with Crippen molar-refractivity contribution in [2.75, 3.05) is 5.32 Å². The predicted octanol–water partition coefficient (Wildman–Crippen LogP) is 3.55. The Morgan fingerprint density at radius 2 is 1.87 bits per heavy atom. The van der Waals surface area contributed by atoms with E-state index in [1.54, 1.807) is 0 Å². The van der Waals surface area contributed by atoms with E-state index in [-0.39, 0.29) is 24.4 Å². The minimum atomic E-state index is -0.248. The Morgan fingerprint density at radius 3 is 2.65 bits per heavy atom. The molecular weight excluding hydrogens is 392 g/mol. The summed E-state index contributed by atoms with van der Waals surface area (Å²) in [7, 11) is 0. The van der Waals surface area contributed by atoms with Crippen molar-refractivity contribution in [2.24, 2.45) is 5.92 Å². The number of pyridine rings is 1. The standard InChI is InChI=1S/C23H26N6O2/c1-15(2)13-19(23-27-26-21-9-4-5-11-29(21)23)25-22(31)14-28-12-10-17-18(24-16(3)30)7-6-8-20(17)28/h4-12,15,19H,13-14H2,1-3H3,(H,24,30)(H,25,31). The molecule has 0 aliphatic rings. The van der Waals surface area contributed by atoms with Crippen molar-refractivity contribution in [1.29, 1.82) is 0 Å². The minimum Gasteiger partial charge on any atom is -0.344 e. The van der Waals surface area contributed by atoms with Gasteiger partial charge in [0, 0.05) is 24.7 Å². The number of carbonyl (C=O) groups is 2. The van der Waals surface area contributed by atoms with Gasteiger partial charge >= 0.3 is 0 Å². The van der Waals surface area contributed by atoms with Crippen LogP contribution in [0.5, 0.6) is 0 Å². The molecule has 0 aliphatic heterocycles. The molecule has 2 amide bonds. The van der Waals surface area contributed by atoms with Gasteiger partial charge in [0.15, 0.2) is 11.5 Å². The van der Waals surface area contributed by atoms with Crippen molar-refractivity contribution in [2.45, 2.75) is 39.8 Å². The lowest BCUT2D eigenvalue weighted by Gasteiger charge is -2.19. The molecule has 8 heteroatoms. The number of hydrogen-bond acceptors (Lipinski definition) is 4. The number of carbonyl (C=O) groups excluding carboxylic acids is 2. The van der Waals surface area contributed by atoms with E-state index >= 15 is 0 Å². The van der Waals surface area contributed by atoms with Crippen LogP contribution in [0, 0.1) is 5.92 Å². The quantitative estimate of drug-likeness (QED) is 0.480. The number of nitrogens with zero attached hydrogens (tertiary/aromatic N) is 4. The van der Waals surface area contributed by atoms with Crippen molar-refractivity contribution in [3.05, 3.63) is 60.7 Å². The van der Waals surface area contributed by atoms with E-state index in [1.165, 1.54) is 6.92 Å². The molecule has 160 valence electrons. The van der Waals surface area contributed by atoms with E-state index in [4.69, 9.17) is 0 Å². The Labute approximate surface area is 180 Å². The van der Waals surface area contributed by atoms with Crippen LogP contribution in [0.3, 0.4) is 0 Å². The fourth-order valence-electron chi connectivity index (χ4n) is 3.85. The lowest BCUT2D eigenvalue weighted by atomic mass is 10.0. The molecule has 3 heterocycles. The highest BCUT2D eigenvalue weighted by molar-refractivity contribution is 6.01. The number of anilines is 1. The summed E-state index contributed by atoms with van der Waals surface area (Å²) in [5, 5.41) is 15.4. The Bertz CT molecular complexity index is 1240. The number of rotatable bonds is 7. The number of fused-ring (bicyclic) bond motifs is 2. The van der Waals surface area contributed by atoms with Gasteiger partial charge in [-0.25, -0.2) is 0 Å². The van der Waals surface area contributed by atoms with E-state index < -0.39 is 0 Å². The fraction of sp³-hybridized carbons (Fsp3) is 0.304. The molecule has 0 spiro atoms. The maximum atomic E-state index is 13.0. The summed E-state index contributed by atoms with van der Waals surface area (Å²) >= 11 is 0. The Morgan fingerprint density at radius 1 is 1.03 bits per heavy atom. The molecule has 0 fully saturated rings. The van der Waals surface area contributed by atoms with Gasteiger partial charge in [0.25, 0.3) is 0 Å². The van der Waals surface area contributed by atoms with Crippen LogP contribution in [-0.4, -0.2) is 31.0 Å². The summed E-state index contributed by atoms with van der Waals surface area (Å²) in [5.74, 6) is 0.854. The van der Waals surface area contributed by atoms with Crippen LogP contribution in [-0.2, 0) is 16.1 Å². The first-order valence-electron chi connectivity index (χ1n) is 10.4. The molecule has 8 nitrogen and oxygen atoms in total. The average Bonchev–Trinajstić information content (AvgIpc) is 3.32. The molecule has 2 N–H and O–H groups in total. The summed E-state index contributed by atoms with van der Waals surface area (Å²) in [4.78, 5) is 24.4. The summed E-state index contributed by atoms with van der Waals surface area (Å²) in [6, 6.07) is 13.0. The Kier molecular flexibility index (Phi) is 5.70. The normalized spacial score (nSPS) is 12.4. The third-order valence-electron chi connectivity index (χ3n) is 5.13. The van der Waals surface area contributed by atoms with Gasteiger partial charge in [-0.2, -0.15) is 0 Å². The highest BCUT2D eigenvalue weighted by Crippen LogP contribution is 2.25. The second-order valence-electron chi connectivity index (χ2n) is 8.10. The fourth-order valence-corrected chi connectivity index (χ4v) is 3.85. The highest BCUT2D eigenvalue weighted by atomic mass is 16.2. The molecule has 1 atom stereocenters. The van der Waals surface area contributed by atoms with Crippen LogP contribution in [0.2, 0.25) is 0 Å². The topological polar surface area (TPSA) is 93.3 Å². The monoisotopic (exact) mass is 418 g/mol. The molecule has 1 unspecified atom stereocenters. The van der Waals surface area contributed by atoms with E-state index in [0.717, 1.165) is 34.5 Å². The largest absolute Gasteiger partial charge is 0.344 e. The first kappa shape index (κ1) is 20.6. The van der Waals surface area contributed by atoms with Gasteiger partial charge < -0.3 is 15.2 Å². The highest BCUT2D eigenvalue weighted by Gasteiger charge is 2.22.